The molecule has 1 aliphatic rings. The second-order valence-corrected chi connectivity index (χ2v) is 2.94. The maximum Gasteiger partial charge on any atom is 0.158 e. The topological polar surface area (TPSA) is 26.3 Å². The highest BCUT2D eigenvalue weighted by Gasteiger charge is 2.21. The van der Waals surface area contributed by atoms with Crippen LogP contribution in [-0.4, -0.2) is 18.0 Å². The fourth-order valence-electron chi connectivity index (χ4n) is 0.891. The molecule has 10 heavy (non-hydrogen) atoms. The highest BCUT2D eigenvalue weighted by atomic mass is 16.5. The quantitative estimate of drug-likeness (QED) is 0.597. The fraction of sp³-hybridized carbons (Fsp3) is 0.875. The highest BCUT2D eigenvalue weighted by Crippen LogP contribution is 2.23. The van der Waals surface area contributed by atoms with E-state index >= 15 is 0 Å². The number of Topliss-reactive ketones (excluding diaryl/α,β-unsaturated/α-hetero) is 1. The Bertz CT molecular complexity index is 127. The summed E-state index contributed by atoms with van der Waals surface area (Å²) in [6.45, 7) is 3.39. The van der Waals surface area contributed by atoms with E-state index in [4.69, 9.17) is 4.74 Å². The van der Waals surface area contributed by atoms with E-state index in [1.54, 1.807) is 6.92 Å². The standard InChI is InChI=1S/C8H14O2/c1-6(9)7(2)10-8-4-3-5-8/h7-8H,3-5H2,1-2H3. The van der Waals surface area contributed by atoms with Crippen LogP contribution in [0.1, 0.15) is 33.1 Å². The molecule has 1 aliphatic carbocycles. The highest BCUT2D eigenvalue weighted by molar-refractivity contribution is 5.79. The largest absolute Gasteiger partial charge is 0.368 e. The molecule has 58 valence electrons. The summed E-state index contributed by atoms with van der Waals surface area (Å²) in [4.78, 5) is 10.7. The lowest BCUT2D eigenvalue weighted by atomic mass is 9.96. The summed E-state index contributed by atoms with van der Waals surface area (Å²) >= 11 is 0. The second-order valence-electron chi connectivity index (χ2n) is 2.94. The third-order valence-electron chi connectivity index (χ3n) is 2.02. The van der Waals surface area contributed by atoms with Gasteiger partial charge in [-0.3, -0.25) is 4.79 Å². The van der Waals surface area contributed by atoms with Crippen molar-refractivity contribution in [1.29, 1.82) is 0 Å². The van der Waals surface area contributed by atoms with Crippen LogP contribution in [0.3, 0.4) is 0 Å². The van der Waals surface area contributed by atoms with Crippen molar-refractivity contribution in [2.75, 3.05) is 0 Å². The van der Waals surface area contributed by atoms with E-state index in [2.05, 4.69) is 0 Å². The number of ketones is 1. The van der Waals surface area contributed by atoms with Crippen LogP contribution in [0.15, 0.2) is 0 Å². The molecule has 1 unspecified atom stereocenters. The van der Waals surface area contributed by atoms with E-state index in [0.717, 1.165) is 12.8 Å². The van der Waals surface area contributed by atoms with Crippen LogP contribution in [-0.2, 0) is 9.53 Å². The predicted molar refractivity (Wildman–Crippen MR) is 38.9 cm³/mol. The molecule has 0 aromatic heterocycles. The first-order valence-corrected chi connectivity index (χ1v) is 3.86. The summed E-state index contributed by atoms with van der Waals surface area (Å²) in [5.74, 6) is 0.131. The van der Waals surface area contributed by atoms with Gasteiger partial charge in [0.25, 0.3) is 0 Å². The smallest absolute Gasteiger partial charge is 0.158 e. The minimum absolute atomic E-state index is 0.131. The Hall–Kier alpha value is -0.370. The first kappa shape index (κ1) is 7.73. The zero-order valence-electron chi connectivity index (χ0n) is 6.59. The normalized spacial score (nSPS) is 21.8. The summed E-state index contributed by atoms with van der Waals surface area (Å²) in [5, 5.41) is 0. The Kier molecular flexibility index (Phi) is 2.44. The van der Waals surface area contributed by atoms with Crippen molar-refractivity contribution in [3.05, 3.63) is 0 Å². The van der Waals surface area contributed by atoms with E-state index < -0.39 is 0 Å². The predicted octanol–water partition coefficient (Wildman–Crippen LogP) is 1.53. The Morgan fingerprint density at radius 3 is 2.50 bits per heavy atom. The summed E-state index contributed by atoms with van der Waals surface area (Å²) in [7, 11) is 0. The first-order chi connectivity index (χ1) is 4.70. The van der Waals surface area contributed by atoms with Crippen LogP contribution in [0.25, 0.3) is 0 Å². The fourth-order valence-corrected chi connectivity index (χ4v) is 0.891. The zero-order valence-corrected chi connectivity index (χ0v) is 6.59. The molecule has 1 atom stereocenters. The van der Waals surface area contributed by atoms with E-state index in [1.807, 2.05) is 6.92 Å². The Labute approximate surface area is 61.6 Å². The van der Waals surface area contributed by atoms with Gasteiger partial charge < -0.3 is 4.74 Å². The molecule has 0 saturated heterocycles. The van der Waals surface area contributed by atoms with Gasteiger partial charge in [0.1, 0.15) is 6.10 Å². The van der Waals surface area contributed by atoms with Crippen LogP contribution < -0.4 is 0 Å². The molecule has 0 N–H and O–H groups in total. The van der Waals surface area contributed by atoms with Crippen LogP contribution in [0.4, 0.5) is 0 Å². The van der Waals surface area contributed by atoms with Crippen molar-refractivity contribution >= 4 is 5.78 Å². The Morgan fingerprint density at radius 1 is 1.60 bits per heavy atom. The first-order valence-electron chi connectivity index (χ1n) is 3.86. The average Bonchev–Trinajstić information content (AvgIpc) is 1.77. The van der Waals surface area contributed by atoms with Gasteiger partial charge in [0.2, 0.25) is 0 Å². The molecule has 0 heterocycles. The molecule has 2 nitrogen and oxygen atoms in total. The van der Waals surface area contributed by atoms with Crippen LogP contribution in [0.2, 0.25) is 0 Å². The Balaban J connectivity index is 2.16. The van der Waals surface area contributed by atoms with Crippen LogP contribution in [0.5, 0.6) is 0 Å². The number of rotatable bonds is 3. The molecule has 0 aromatic rings. The molecule has 1 fully saturated rings. The van der Waals surface area contributed by atoms with Crippen LogP contribution >= 0.6 is 0 Å². The van der Waals surface area contributed by atoms with E-state index in [1.165, 1.54) is 6.42 Å². The van der Waals surface area contributed by atoms with E-state index in [0.29, 0.717) is 6.10 Å². The molecular weight excluding hydrogens is 128 g/mol. The van der Waals surface area contributed by atoms with Gasteiger partial charge in [-0.2, -0.15) is 0 Å². The van der Waals surface area contributed by atoms with Gasteiger partial charge in [-0.1, -0.05) is 0 Å². The molecule has 0 aliphatic heterocycles. The van der Waals surface area contributed by atoms with Crippen molar-refractivity contribution in [3.63, 3.8) is 0 Å². The van der Waals surface area contributed by atoms with Gasteiger partial charge in [-0.05, 0) is 33.1 Å². The maximum absolute atomic E-state index is 10.7. The average molecular weight is 142 g/mol. The molecule has 0 spiro atoms. The summed E-state index contributed by atoms with van der Waals surface area (Å²) in [5.41, 5.74) is 0. The lowest BCUT2D eigenvalue weighted by molar-refractivity contribution is -0.134. The molecule has 1 saturated carbocycles. The number of hydrogen-bond acceptors (Lipinski definition) is 2. The summed E-state index contributed by atoms with van der Waals surface area (Å²) < 4.78 is 5.40. The second kappa shape index (κ2) is 3.15. The van der Waals surface area contributed by atoms with Gasteiger partial charge >= 0.3 is 0 Å². The van der Waals surface area contributed by atoms with Crippen molar-refractivity contribution in [2.45, 2.75) is 45.3 Å². The number of hydrogen-bond donors (Lipinski definition) is 0. The summed E-state index contributed by atoms with van der Waals surface area (Å²) in [6.07, 6.45) is 3.72. The SMILES string of the molecule is CC(=O)C(C)OC1CCC1. The molecule has 0 bridgehead atoms. The molecule has 2 heteroatoms. The monoisotopic (exact) mass is 142 g/mol. The molecule has 0 aromatic carbocycles. The zero-order chi connectivity index (χ0) is 7.56. The Morgan fingerprint density at radius 2 is 2.20 bits per heavy atom. The third kappa shape index (κ3) is 1.81. The van der Waals surface area contributed by atoms with Gasteiger partial charge in [-0.15, -0.1) is 0 Å². The van der Waals surface area contributed by atoms with Crippen molar-refractivity contribution in [1.82, 2.24) is 0 Å². The van der Waals surface area contributed by atoms with Crippen molar-refractivity contribution < 1.29 is 9.53 Å². The van der Waals surface area contributed by atoms with Crippen molar-refractivity contribution in [2.24, 2.45) is 0 Å². The van der Waals surface area contributed by atoms with E-state index in [9.17, 15) is 4.79 Å². The molecule has 1 rings (SSSR count). The minimum atomic E-state index is -0.190. The number of carbonyl (C=O) groups is 1. The van der Waals surface area contributed by atoms with Gasteiger partial charge in [0.05, 0.1) is 6.10 Å². The third-order valence-corrected chi connectivity index (χ3v) is 2.02. The molecule has 0 amide bonds. The van der Waals surface area contributed by atoms with Gasteiger partial charge in [-0.25, -0.2) is 0 Å². The van der Waals surface area contributed by atoms with Gasteiger partial charge in [0.15, 0.2) is 5.78 Å². The number of ether oxygens (including phenoxy) is 1. The van der Waals surface area contributed by atoms with Gasteiger partial charge in [0, 0.05) is 0 Å². The molecular formula is C8H14O2. The van der Waals surface area contributed by atoms with Crippen LogP contribution in [0, 0.1) is 0 Å². The van der Waals surface area contributed by atoms with E-state index in [-0.39, 0.29) is 11.9 Å². The summed E-state index contributed by atoms with van der Waals surface area (Å²) in [6, 6.07) is 0. The number of carbonyl (C=O) groups excluding carboxylic acids is 1. The lowest BCUT2D eigenvalue weighted by Gasteiger charge is -2.27. The van der Waals surface area contributed by atoms with Crippen molar-refractivity contribution in [3.8, 4) is 0 Å². The molecule has 0 radical (unpaired) electrons. The minimum Gasteiger partial charge on any atom is -0.368 e. The lowest BCUT2D eigenvalue weighted by Crippen LogP contribution is -2.29. The maximum atomic E-state index is 10.7.